The first-order chi connectivity index (χ1) is 10.5. The van der Waals surface area contributed by atoms with E-state index < -0.39 is 17.8 Å². The minimum Gasteiger partial charge on any atom is -0.497 e. The number of hydrogen-bond acceptors (Lipinski definition) is 3. The fourth-order valence-electron chi connectivity index (χ4n) is 2.69. The van der Waals surface area contributed by atoms with E-state index in [1.54, 1.807) is 38.3 Å². The molecule has 2 N–H and O–H groups in total. The molecule has 1 aliphatic heterocycles. The summed E-state index contributed by atoms with van der Waals surface area (Å²) in [6.07, 6.45) is -1.03. The van der Waals surface area contributed by atoms with Gasteiger partial charge in [0.1, 0.15) is 17.7 Å². The Morgan fingerprint density at radius 3 is 2.59 bits per heavy atom. The fourth-order valence-corrected chi connectivity index (χ4v) is 2.69. The molecule has 0 radical (unpaired) electrons. The molecule has 2 aromatic rings. The van der Waals surface area contributed by atoms with Crippen LogP contribution in [0.15, 0.2) is 36.4 Å². The molecule has 2 atom stereocenters. The second-order valence-corrected chi connectivity index (χ2v) is 5.35. The van der Waals surface area contributed by atoms with Crippen molar-refractivity contribution in [2.24, 2.45) is 0 Å². The molecule has 0 saturated carbocycles. The van der Waals surface area contributed by atoms with E-state index in [0.717, 1.165) is 0 Å². The summed E-state index contributed by atoms with van der Waals surface area (Å²) in [7, 11) is 1.56. The third kappa shape index (κ3) is 2.33. The molecule has 0 saturated heterocycles. The lowest BCUT2D eigenvalue weighted by atomic mass is 9.94. The Kier molecular flexibility index (Phi) is 3.58. The van der Waals surface area contributed by atoms with Gasteiger partial charge in [-0.05, 0) is 42.3 Å². The van der Waals surface area contributed by atoms with Crippen LogP contribution >= 0.6 is 0 Å². The van der Waals surface area contributed by atoms with Gasteiger partial charge in [0, 0.05) is 5.56 Å². The van der Waals surface area contributed by atoms with Crippen LogP contribution in [0.4, 0.5) is 10.1 Å². The number of aliphatic hydroxyl groups is 1. The number of methoxy groups -OCH3 is 1. The van der Waals surface area contributed by atoms with E-state index in [-0.39, 0.29) is 5.91 Å². The summed E-state index contributed by atoms with van der Waals surface area (Å²) in [5.74, 6) is -0.414. The molecule has 0 aromatic heterocycles. The van der Waals surface area contributed by atoms with Crippen LogP contribution in [0.5, 0.6) is 5.75 Å². The van der Waals surface area contributed by atoms with E-state index in [9.17, 15) is 14.3 Å². The summed E-state index contributed by atoms with van der Waals surface area (Å²) in [4.78, 5) is 11.8. The molecule has 5 heteroatoms. The Hall–Kier alpha value is -2.40. The summed E-state index contributed by atoms with van der Waals surface area (Å²) < 4.78 is 18.9. The first kappa shape index (κ1) is 14.5. The van der Waals surface area contributed by atoms with Gasteiger partial charge in [0.2, 0.25) is 5.91 Å². The van der Waals surface area contributed by atoms with Crippen molar-refractivity contribution in [1.82, 2.24) is 0 Å². The Bertz CT molecular complexity index is 727. The predicted molar refractivity (Wildman–Crippen MR) is 80.5 cm³/mol. The molecule has 0 spiro atoms. The van der Waals surface area contributed by atoms with Crippen LogP contribution in [0.3, 0.4) is 0 Å². The van der Waals surface area contributed by atoms with E-state index in [1.165, 1.54) is 12.1 Å². The van der Waals surface area contributed by atoms with Gasteiger partial charge in [-0.15, -0.1) is 0 Å². The molecule has 0 bridgehead atoms. The number of halogens is 1. The average molecular weight is 301 g/mol. The summed E-state index contributed by atoms with van der Waals surface area (Å²) in [5, 5.41) is 13.3. The molecular weight excluding hydrogens is 285 g/mol. The molecule has 114 valence electrons. The Morgan fingerprint density at radius 2 is 1.95 bits per heavy atom. The second-order valence-electron chi connectivity index (χ2n) is 5.35. The van der Waals surface area contributed by atoms with E-state index in [4.69, 9.17) is 4.74 Å². The number of benzene rings is 2. The van der Waals surface area contributed by atoms with E-state index in [2.05, 4.69) is 5.32 Å². The van der Waals surface area contributed by atoms with Gasteiger partial charge < -0.3 is 15.2 Å². The van der Waals surface area contributed by atoms with Crippen molar-refractivity contribution in [3.05, 3.63) is 58.9 Å². The fraction of sp³-hybridized carbons (Fsp3) is 0.235. The zero-order valence-corrected chi connectivity index (χ0v) is 12.3. The maximum atomic E-state index is 13.8. The molecule has 1 amide bonds. The highest BCUT2D eigenvalue weighted by atomic mass is 19.1. The van der Waals surface area contributed by atoms with Gasteiger partial charge in [-0.25, -0.2) is 4.39 Å². The highest BCUT2D eigenvalue weighted by Gasteiger charge is 2.31. The average Bonchev–Trinajstić information content (AvgIpc) is 2.81. The molecule has 22 heavy (non-hydrogen) atoms. The van der Waals surface area contributed by atoms with Gasteiger partial charge >= 0.3 is 0 Å². The van der Waals surface area contributed by atoms with Crippen LogP contribution in [0, 0.1) is 5.82 Å². The lowest BCUT2D eigenvalue weighted by Gasteiger charge is -2.16. The third-order valence-corrected chi connectivity index (χ3v) is 4.00. The molecule has 0 fully saturated rings. The van der Waals surface area contributed by atoms with Crippen molar-refractivity contribution in [3.8, 4) is 5.75 Å². The largest absolute Gasteiger partial charge is 0.497 e. The molecule has 2 aromatic carbocycles. The molecule has 2 unspecified atom stereocenters. The number of aliphatic hydroxyl groups excluding tert-OH is 1. The highest BCUT2D eigenvalue weighted by Crippen LogP contribution is 2.40. The predicted octanol–water partition coefficient (Wildman–Crippen LogP) is 2.97. The van der Waals surface area contributed by atoms with Crippen molar-refractivity contribution in [1.29, 1.82) is 0 Å². The molecule has 4 nitrogen and oxygen atoms in total. The lowest BCUT2D eigenvalue weighted by molar-refractivity contribution is -0.116. The van der Waals surface area contributed by atoms with E-state index in [1.807, 2.05) is 0 Å². The number of anilines is 1. The number of hydrogen-bond donors (Lipinski definition) is 2. The van der Waals surface area contributed by atoms with Crippen molar-refractivity contribution in [3.63, 3.8) is 0 Å². The van der Waals surface area contributed by atoms with Crippen LogP contribution in [0.2, 0.25) is 0 Å². The number of carbonyl (C=O) groups excluding carboxylic acids is 1. The van der Waals surface area contributed by atoms with Gasteiger partial charge in [0.15, 0.2) is 0 Å². The van der Waals surface area contributed by atoms with Gasteiger partial charge in [0.25, 0.3) is 0 Å². The second kappa shape index (κ2) is 5.42. The quantitative estimate of drug-likeness (QED) is 0.916. The van der Waals surface area contributed by atoms with Crippen molar-refractivity contribution >= 4 is 11.6 Å². The number of ether oxygens (including phenoxy) is 1. The smallest absolute Gasteiger partial charge is 0.231 e. The normalized spacial score (nSPS) is 17.8. The van der Waals surface area contributed by atoms with Gasteiger partial charge in [-0.1, -0.05) is 12.1 Å². The van der Waals surface area contributed by atoms with E-state index >= 15 is 0 Å². The molecular formula is C17H16FNO3. The molecule has 3 rings (SSSR count). The number of amides is 1. The number of carbonyl (C=O) groups is 1. The zero-order valence-electron chi connectivity index (χ0n) is 12.3. The van der Waals surface area contributed by atoms with Gasteiger partial charge in [-0.2, -0.15) is 0 Å². The minimum absolute atomic E-state index is 0.191. The number of nitrogens with one attached hydrogen (secondary N) is 1. The number of fused-ring (bicyclic) bond motifs is 1. The van der Waals surface area contributed by atoms with E-state index in [0.29, 0.717) is 28.1 Å². The standard InChI is InChI=1S/C17H16FNO3/c1-9-13-7-11(18)8-14(15(13)19-17(9)21)16(20)10-3-5-12(22-2)6-4-10/h3-9,16,20H,1-2H3,(H,19,21). The zero-order chi connectivity index (χ0) is 15.9. The maximum absolute atomic E-state index is 13.8. The summed E-state index contributed by atoms with van der Waals surface area (Å²) in [6.45, 7) is 1.71. The lowest BCUT2D eigenvalue weighted by Crippen LogP contribution is -2.09. The van der Waals surface area contributed by atoms with Crippen molar-refractivity contribution in [2.75, 3.05) is 12.4 Å². The first-order valence-electron chi connectivity index (χ1n) is 6.97. The Labute approximate surface area is 127 Å². The Balaban J connectivity index is 2.04. The number of rotatable bonds is 3. The van der Waals surface area contributed by atoms with Crippen LogP contribution in [0.25, 0.3) is 0 Å². The molecule has 1 heterocycles. The first-order valence-corrected chi connectivity index (χ1v) is 6.97. The Morgan fingerprint density at radius 1 is 1.27 bits per heavy atom. The van der Waals surface area contributed by atoms with Gasteiger partial charge in [-0.3, -0.25) is 4.79 Å². The van der Waals surface area contributed by atoms with Crippen LogP contribution < -0.4 is 10.1 Å². The molecule has 0 aliphatic carbocycles. The monoisotopic (exact) mass is 301 g/mol. The summed E-state index contributed by atoms with van der Waals surface area (Å²) in [6, 6.07) is 9.45. The van der Waals surface area contributed by atoms with Crippen LogP contribution in [-0.4, -0.2) is 18.1 Å². The topological polar surface area (TPSA) is 58.6 Å². The van der Waals surface area contributed by atoms with Crippen LogP contribution in [-0.2, 0) is 4.79 Å². The highest BCUT2D eigenvalue weighted by molar-refractivity contribution is 6.03. The van der Waals surface area contributed by atoms with Crippen LogP contribution in [0.1, 0.15) is 35.6 Å². The molecule has 1 aliphatic rings. The minimum atomic E-state index is -1.03. The van der Waals surface area contributed by atoms with Crippen molar-refractivity contribution < 1.29 is 19.0 Å². The maximum Gasteiger partial charge on any atom is 0.231 e. The van der Waals surface area contributed by atoms with Gasteiger partial charge in [0.05, 0.1) is 18.7 Å². The van der Waals surface area contributed by atoms with Crippen molar-refractivity contribution in [2.45, 2.75) is 18.9 Å². The third-order valence-electron chi connectivity index (χ3n) is 4.00. The summed E-state index contributed by atoms with van der Waals surface area (Å²) >= 11 is 0. The summed E-state index contributed by atoms with van der Waals surface area (Å²) in [5.41, 5.74) is 2.04. The SMILES string of the molecule is COc1ccc(C(O)c2cc(F)cc3c2NC(=O)C3C)cc1.